The largest absolute Gasteiger partial charge is 0.508 e. The molecule has 2 N–H and O–H groups in total. The number of hydrazone groups is 1. The summed E-state index contributed by atoms with van der Waals surface area (Å²) in [6.45, 7) is 8.79. The van der Waals surface area contributed by atoms with E-state index in [1.807, 2.05) is 43.3 Å². The van der Waals surface area contributed by atoms with E-state index in [1.54, 1.807) is 6.07 Å². The van der Waals surface area contributed by atoms with Crippen LogP contribution < -0.4 is 5.43 Å². The van der Waals surface area contributed by atoms with E-state index in [0.717, 1.165) is 42.2 Å². The van der Waals surface area contributed by atoms with Gasteiger partial charge in [-0.15, -0.1) is 0 Å². The third-order valence-corrected chi connectivity index (χ3v) is 4.20. The van der Waals surface area contributed by atoms with Crippen LogP contribution in [0, 0.1) is 0 Å². The van der Waals surface area contributed by atoms with Gasteiger partial charge in [0, 0.05) is 17.1 Å². The van der Waals surface area contributed by atoms with Gasteiger partial charge in [0.25, 0.3) is 0 Å². The minimum Gasteiger partial charge on any atom is -0.508 e. The predicted molar refractivity (Wildman–Crippen MR) is 102 cm³/mol. The molecule has 0 amide bonds. The summed E-state index contributed by atoms with van der Waals surface area (Å²) in [4.78, 5) is 2.26. The van der Waals surface area contributed by atoms with Gasteiger partial charge in [-0.25, -0.2) is 0 Å². The lowest BCUT2D eigenvalue weighted by Crippen LogP contribution is -2.22. The Kier molecular flexibility index (Phi) is 6.64. The van der Waals surface area contributed by atoms with Crippen LogP contribution >= 0.6 is 11.6 Å². The van der Waals surface area contributed by atoms with Crippen LogP contribution in [0.5, 0.6) is 5.75 Å². The van der Waals surface area contributed by atoms with Crippen LogP contribution in [-0.4, -0.2) is 28.8 Å². The molecule has 0 saturated carbocycles. The van der Waals surface area contributed by atoms with E-state index in [1.165, 1.54) is 0 Å². The summed E-state index contributed by atoms with van der Waals surface area (Å²) >= 11 is 5.97. The third-order valence-electron chi connectivity index (χ3n) is 3.96. The first-order valence-electron chi connectivity index (χ1n) is 8.14. The maximum atomic E-state index is 10.1. The SMILES string of the molecule is CCN(CC)Cc1cc(/C(C)=N/Nc2cccc(Cl)c2)ccc1O. The van der Waals surface area contributed by atoms with Gasteiger partial charge >= 0.3 is 0 Å². The second-order valence-corrected chi connectivity index (χ2v) is 6.06. The number of phenols is 1. The molecular formula is C19H24ClN3O. The highest BCUT2D eigenvalue weighted by Crippen LogP contribution is 2.21. The molecule has 0 fully saturated rings. The molecule has 2 rings (SSSR count). The molecule has 0 bridgehead atoms. The smallest absolute Gasteiger partial charge is 0.120 e. The molecule has 0 spiro atoms. The van der Waals surface area contributed by atoms with Crippen molar-refractivity contribution in [2.45, 2.75) is 27.3 Å². The van der Waals surface area contributed by atoms with E-state index >= 15 is 0 Å². The minimum atomic E-state index is 0.321. The molecule has 5 heteroatoms. The standard InChI is InChI=1S/C19H24ClN3O/c1-4-23(5-2)13-16-11-15(9-10-19(16)24)14(3)21-22-18-8-6-7-17(20)12-18/h6-12,22,24H,4-5,13H2,1-3H3/b21-14+. The number of benzene rings is 2. The van der Waals surface area contributed by atoms with Crippen molar-refractivity contribution in [2.75, 3.05) is 18.5 Å². The van der Waals surface area contributed by atoms with E-state index in [2.05, 4.69) is 29.3 Å². The highest BCUT2D eigenvalue weighted by atomic mass is 35.5. The number of phenolic OH excluding ortho intramolecular Hbond substituents is 1. The Labute approximate surface area is 148 Å². The van der Waals surface area contributed by atoms with Crippen molar-refractivity contribution in [2.24, 2.45) is 5.10 Å². The molecule has 4 nitrogen and oxygen atoms in total. The zero-order chi connectivity index (χ0) is 17.5. The second kappa shape index (κ2) is 8.71. The van der Waals surface area contributed by atoms with Gasteiger partial charge in [-0.2, -0.15) is 5.10 Å². The fraction of sp³-hybridized carbons (Fsp3) is 0.316. The van der Waals surface area contributed by atoms with Gasteiger partial charge in [-0.1, -0.05) is 31.5 Å². The van der Waals surface area contributed by atoms with Gasteiger partial charge in [0.05, 0.1) is 11.4 Å². The molecular weight excluding hydrogens is 322 g/mol. The van der Waals surface area contributed by atoms with Gasteiger partial charge < -0.3 is 5.11 Å². The lowest BCUT2D eigenvalue weighted by atomic mass is 10.1. The van der Waals surface area contributed by atoms with Crippen molar-refractivity contribution in [1.29, 1.82) is 0 Å². The molecule has 128 valence electrons. The van der Waals surface area contributed by atoms with Crippen molar-refractivity contribution in [3.63, 3.8) is 0 Å². The second-order valence-electron chi connectivity index (χ2n) is 5.62. The highest BCUT2D eigenvalue weighted by molar-refractivity contribution is 6.30. The summed E-state index contributed by atoms with van der Waals surface area (Å²) in [5.74, 6) is 0.321. The first-order chi connectivity index (χ1) is 11.5. The molecule has 0 aliphatic carbocycles. The number of aromatic hydroxyl groups is 1. The van der Waals surface area contributed by atoms with Crippen LogP contribution in [0.4, 0.5) is 5.69 Å². The topological polar surface area (TPSA) is 47.9 Å². The number of nitrogens with one attached hydrogen (secondary N) is 1. The summed E-state index contributed by atoms with van der Waals surface area (Å²) in [7, 11) is 0. The fourth-order valence-corrected chi connectivity index (χ4v) is 2.59. The number of rotatable bonds is 7. The van der Waals surface area contributed by atoms with Crippen LogP contribution in [0.25, 0.3) is 0 Å². The van der Waals surface area contributed by atoms with Gasteiger partial charge in [0.1, 0.15) is 5.75 Å². The molecule has 0 heterocycles. The van der Waals surface area contributed by atoms with Crippen molar-refractivity contribution < 1.29 is 5.11 Å². The highest BCUT2D eigenvalue weighted by Gasteiger charge is 2.08. The summed E-state index contributed by atoms with van der Waals surface area (Å²) in [6, 6.07) is 13.0. The molecule has 2 aromatic carbocycles. The quantitative estimate of drug-likeness (QED) is 0.563. The van der Waals surface area contributed by atoms with Crippen molar-refractivity contribution in [3.8, 4) is 5.75 Å². The summed E-state index contributed by atoms with van der Waals surface area (Å²) in [6.07, 6.45) is 0. The Morgan fingerprint density at radius 3 is 2.58 bits per heavy atom. The Bertz CT molecular complexity index is 712. The van der Waals surface area contributed by atoms with E-state index in [-0.39, 0.29) is 0 Å². The summed E-state index contributed by atoms with van der Waals surface area (Å²) in [5, 5.41) is 15.2. The van der Waals surface area contributed by atoms with Gasteiger partial charge in [0.2, 0.25) is 0 Å². The van der Waals surface area contributed by atoms with Crippen molar-refractivity contribution in [1.82, 2.24) is 4.90 Å². The lowest BCUT2D eigenvalue weighted by Gasteiger charge is -2.19. The number of hydrogen-bond acceptors (Lipinski definition) is 4. The fourth-order valence-electron chi connectivity index (χ4n) is 2.40. The van der Waals surface area contributed by atoms with E-state index < -0.39 is 0 Å². The molecule has 0 aliphatic rings. The molecule has 24 heavy (non-hydrogen) atoms. The van der Waals surface area contributed by atoms with E-state index in [9.17, 15) is 5.11 Å². The number of hydrogen-bond donors (Lipinski definition) is 2. The van der Waals surface area contributed by atoms with Crippen molar-refractivity contribution >= 4 is 23.0 Å². The zero-order valence-corrected chi connectivity index (χ0v) is 15.1. The first-order valence-corrected chi connectivity index (χ1v) is 8.51. The van der Waals surface area contributed by atoms with Crippen LogP contribution in [0.15, 0.2) is 47.6 Å². The molecule has 0 unspecified atom stereocenters. The molecule has 0 atom stereocenters. The predicted octanol–water partition coefficient (Wildman–Crippen LogP) is 4.72. The summed E-state index contributed by atoms with van der Waals surface area (Å²) < 4.78 is 0. The van der Waals surface area contributed by atoms with Crippen LogP contribution in [0.3, 0.4) is 0 Å². The Balaban J connectivity index is 2.16. The summed E-state index contributed by atoms with van der Waals surface area (Å²) in [5.41, 5.74) is 6.58. The van der Waals surface area contributed by atoms with Crippen LogP contribution in [0.2, 0.25) is 5.02 Å². The minimum absolute atomic E-state index is 0.321. The lowest BCUT2D eigenvalue weighted by molar-refractivity contribution is 0.291. The third kappa shape index (κ3) is 4.98. The van der Waals surface area contributed by atoms with Crippen LogP contribution in [0.1, 0.15) is 31.9 Å². The number of halogens is 1. The van der Waals surface area contributed by atoms with Crippen LogP contribution in [-0.2, 0) is 6.54 Å². The van der Waals surface area contributed by atoms with Gasteiger partial charge in [0.15, 0.2) is 0 Å². The Hall–Kier alpha value is -2.04. The average Bonchev–Trinajstić information content (AvgIpc) is 2.59. The van der Waals surface area contributed by atoms with Gasteiger partial charge in [-0.3, -0.25) is 10.3 Å². The maximum absolute atomic E-state index is 10.1. The Morgan fingerprint density at radius 1 is 1.17 bits per heavy atom. The molecule has 0 saturated heterocycles. The number of anilines is 1. The molecule has 0 aliphatic heterocycles. The molecule has 0 aromatic heterocycles. The van der Waals surface area contributed by atoms with Crippen molar-refractivity contribution in [3.05, 3.63) is 58.6 Å². The molecule has 0 radical (unpaired) electrons. The maximum Gasteiger partial charge on any atom is 0.120 e. The molecule has 2 aromatic rings. The van der Waals surface area contributed by atoms with E-state index in [0.29, 0.717) is 10.8 Å². The van der Waals surface area contributed by atoms with E-state index in [4.69, 9.17) is 11.6 Å². The Morgan fingerprint density at radius 2 is 1.92 bits per heavy atom. The average molecular weight is 346 g/mol. The monoisotopic (exact) mass is 345 g/mol. The first kappa shape index (κ1) is 18.3. The normalized spacial score (nSPS) is 11.8. The number of nitrogens with zero attached hydrogens (tertiary/aromatic N) is 2. The zero-order valence-electron chi connectivity index (χ0n) is 14.4. The van der Waals surface area contributed by atoms with Gasteiger partial charge in [-0.05, 0) is 62.0 Å².